The van der Waals surface area contributed by atoms with Crippen LogP contribution in [-0.4, -0.2) is 61.3 Å². The number of amides is 1. The lowest BCUT2D eigenvalue weighted by Gasteiger charge is -2.45. The Bertz CT molecular complexity index is 591. The highest BCUT2D eigenvalue weighted by atomic mass is 16.5. The van der Waals surface area contributed by atoms with Gasteiger partial charge in [-0.15, -0.1) is 0 Å². The number of carbonyl (C=O) groups excluding carboxylic acids is 1. The van der Waals surface area contributed by atoms with E-state index in [0.29, 0.717) is 6.61 Å². The molecule has 3 atom stereocenters. The summed E-state index contributed by atoms with van der Waals surface area (Å²) in [6, 6.07) is 3.73. The van der Waals surface area contributed by atoms with E-state index >= 15 is 0 Å². The van der Waals surface area contributed by atoms with Crippen LogP contribution in [0.15, 0.2) is 24.5 Å². The van der Waals surface area contributed by atoms with Crippen molar-refractivity contribution in [3.8, 4) is 0 Å². The predicted molar refractivity (Wildman–Crippen MR) is 98.8 cm³/mol. The summed E-state index contributed by atoms with van der Waals surface area (Å²) < 4.78 is 11.5. The number of pyridine rings is 1. The van der Waals surface area contributed by atoms with Gasteiger partial charge in [0.25, 0.3) is 0 Å². The number of rotatable bonds is 4. The van der Waals surface area contributed by atoms with E-state index in [-0.39, 0.29) is 23.8 Å². The van der Waals surface area contributed by atoms with Gasteiger partial charge in [-0.05, 0) is 43.7 Å². The number of nitrogens with one attached hydrogen (secondary N) is 1. The van der Waals surface area contributed by atoms with E-state index in [9.17, 15) is 4.79 Å². The normalized spacial score (nSPS) is 30.5. The Morgan fingerprint density at radius 2 is 2.12 bits per heavy atom. The lowest BCUT2D eigenvalue weighted by molar-refractivity contribution is -0.137. The van der Waals surface area contributed by atoms with Crippen LogP contribution < -0.4 is 5.32 Å². The molecule has 3 fully saturated rings. The highest BCUT2D eigenvalue weighted by molar-refractivity contribution is 5.92. The maximum atomic E-state index is 12.9. The fourth-order valence-electron chi connectivity index (χ4n) is 4.64. The molecule has 1 aromatic rings. The van der Waals surface area contributed by atoms with Gasteiger partial charge in [0, 0.05) is 57.5 Å². The molecular weight excluding hydrogens is 330 g/mol. The van der Waals surface area contributed by atoms with Crippen molar-refractivity contribution in [3.05, 3.63) is 24.5 Å². The number of fused-ring (bicyclic) bond motifs is 1. The predicted octanol–water partition coefficient (Wildman–Crippen LogP) is 2.17. The van der Waals surface area contributed by atoms with Gasteiger partial charge in [-0.2, -0.15) is 0 Å². The van der Waals surface area contributed by atoms with Gasteiger partial charge < -0.3 is 19.7 Å². The minimum Gasteiger partial charge on any atom is -0.381 e. The molecule has 1 amide bonds. The van der Waals surface area contributed by atoms with Crippen molar-refractivity contribution in [1.29, 1.82) is 0 Å². The summed E-state index contributed by atoms with van der Waals surface area (Å²) in [4.78, 5) is 19.5. The number of hydrogen-bond donors (Lipinski definition) is 1. The summed E-state index contributed by atoms with van der Waals surface area (Å²) in [5.41, 5.74) is 0.774. The SMILES string of the molecule is O=C(Nc1cccnc1)[C@@H]1CCO[C@@H]2CCN(CC3CCOCC3)C[C@H]21. The van der Waals surface area contributed by atoms with Crippen LogP contribution in [0.1, 0.15) is 25.7 Å². The number of nitrogens with zero attached hydrogens (tertiary/aromatic N) is 2. The van der Waals surface area contributed by atoms with Gasteiger partial charge in [0.15, 0.2) is 0 Å². The van der Waals surface area contributed by atoms with Crippen LogP contribution in [0.3, 0.4) is 0 Å². The summed E-state index contributed by atoms with van der Waals surface area (Å²) in [7, 11) is 0. The first-order valence-corrected chi connectivity index (χ1v) is 9.92. The third-order valence-corrected chi connectivity index (χ3v) is 6.08. The second-order valence-electron chi connectivity index (χ2n) is 7.80. The number of likely N-dealkylation sites (tertiary alicyclic amines) is 1. The van der Waals surface area contributed by atoms with Crippen LogP contribution in [0.5, 0.6) is 0 Å². The summed E-state index contributed by atoms with van der Waals surface area (Å²) in [5.74, 6) is 1.15. The third kappa shape index (κ3) is 4.24. The maximum absolute atomic E-state index is 12.9. The number of hydrogen-bond acceptors (Lipinski definition) is 5. The first kappa shape index (κ1) is 17.9. The number of piperidine rings is 1. The molecule has 3 aliphatic rings. The molecule has 0 radical (unpaired) electrons. The van der Waals surface area contributed by atoms with E-state index in [0.717, 1.165) is 70.1 Å². The maximum Gasteiger partial charge on any atom is 0.228 e. The largest absolute Gasteiger partial charge is 0.381 e. The molecule has 6 nitrogen and oxygen atoms in total. The Morgan fingerprint density at radius 1 is 1.23 bits per heavy atom. The molecule has 0 saturated carbocycles. The van der Waals surface area contributed by atoms with E-state index in [1.807, 2.05) is 12.1 Å². The molecule has 0 aliphatic carbocycles. The van der Waals surface area contributed by atoms with Crippen LogP contribution in [0.4, 0.5) is 5.69 Å². The van der Waals surface area contributed by atoms with Gasteiger partial charge in [0.05, 0.1) is 18.0 Å². The second-order valence-corrected chi connectivity index (χ2v) is 7.80. The Labute approximate surface area is 155 Å². The Balaban J connectivity index is 1.38. The van der Waals surface area contributed by atoms with Crippen LogP contribution >= 0.6 is 0 Å². The van der Waals surface area contributed by atoms with Gasteiger partial charge in [-0.3, -0.25) is 9.78 Å². The average Bonchev–Trinajstić information content (AvgIpc) is 2.69. The van der Waals surface area contributed by atoms with Crippen LogP contribution in [-0.2, 0) is 14.3 Å². The summed E-state index contributed by atoms with van der Waals surface area (Å²) in [6.45, 7) is 5.64. The number of anilines is 1. The number of ether oxygens (including phenoxy) is 2. The molecule has 1 N–H and O–H groups in total. The standard InChI is InChI=1S/C20H29N3O3/c24-20(22-16-2-1-7-21-12-16)17-6-11-26-19-3-8-23(14-18(17)19)13-15-4-9-25-10-5-15/h1-2,7,12,15,17-19H,3-6,8-11,13-14H2,(H,22,24)/t17-,18+,19-/m1/s1. The zero-order chi connectivity index (χ0) is 17.8. The highest BCUT2D eigenvalue weighted by Crippen LogP contribution is 2.34. The molecule has 0 spiro atoms. The first-order chi connectivity index (χ1) is 12.8. The molecule has 4 rings (SSSR count). The van der Waals surface area contributed by atoms with Gasteiger partial charge in [0.2, 0.25) is 5.91 Å². The zero-order valence-corrected chi connectivity index (χ0v) is 15.3. The van der Waals surface area contributed by atoms with Gasteiger partial charge in [-0.25, -0.2) is 0 Å². The quantitative estimate of drug-likeness (QED) is 0.893. The lowest BCUT2D eigenvalue weighted by atomic mass is 9.78. The Morgan fingerprint density at radius 3 is 2.92 bits per heavy atom. The lowest BCUT2D eigenvalue weighted by Crippen LogP contribution is -2.53. The number of carbonyl (C=O) groups is 1. The summed E-state index contributed by atoms with van der Waals surface area (Å²) >= 11 is 0. The number of aromatic nitrogens is 1. The smallest absolute Gasteiger partial charge is 0.228 e. The highest BCUT2D eigenvalue weighted by Gasteiger charge is 2.42. The van der Waals surface area contributed by atoms with Crippen molar-refractivity contribution < 1.29 is 14.3 Å². The molecule has 3 saturated heterocycles. The second kappa shape index (κ2) is 8.46. The molecular formula is C20H29N3O3. The van der Waals surface area contributed by atoms with Gasteiger partial charge in [0.1, 0.15) is 0 Å². The molecule has 0 aromatic carbocycles. The van der Waals surface area contributed by atoms with Crippen molar-refractivity contribution in [2.45, 2.75) is 31.8 Å². The van der Waals surface area contributed by atoms with Crippen molar-refractivity contribution in [1.82, 2.24) is 9.88 Å². The van der Waals surface area contributed by atoms with Crippen molar-refractivity contribution >= 4 is 11.6 Å². The summed E-state index contributed by atoms with van der Waals surface area (Å²) in [6.07, 6.45) is 7.79. The van der Waals surface area contributed by atoms with E-state index in [2.05, 4.69) is 15.2 Å². The minimum atomic E-state index is 0.0199. The van der Waals surface area contributed by atoms with E-state index < -0.39 is 0 Å². The zero-order valence-electron chi connectivity index (χ0n) is 15.3. The molecule has 142 valence electrons. The van der Waals surface area contributed by atoms with Crippen LogP contribution in [0.25, 0.3) is 0 Å². The van der Waals surface area contributed by atoms with Crippen LogP contribution in [0, 0.1) is 17.8 Å². The topological polar surface area (TPSA) is 63.7 Å². The van der Waals surface area contributed by atoms with Crippen molar-refractivity contribution in [2.75, 3.05) is 44.8 Å². The molecule has 1 aromatic heterocycles. The minimum absolute atomic E-state index is 0.0199. The molecule has 0 bridgehead atoms. The first-order valence-electron chi connectivity index (χ1n) is 9.92. The molecule has 0 unspecified atom stereocenters. The van der Waals surface area contributed by atoms with E-state index in [4.69, 9.17) is 9.47 Å². The molecule has 3 aliphatic heterocycles. The van der Waals surface area contributed by atoms with E-state index in [1.165, 1.54) is 0 Å². The summed E-state index contributed by atoms with van der Waals surface area (Å²) in [5, 5.41) is 3.05. The average molecular weight is 359 g/mol. The van der Waals surface area contributed by atoms with Crippen molar-refractivity contribution in [2.24, 2.45) is 17.8 Å². The van der Waals surface area contributed by atoms with Gasteiger partial charge in [-0.1, -0.05) is 0 Å². The fourth-order valence-corrected chi connectivity index (χ4v) is 4.64. The third-order valence-electron chi connectivity index (χ3n) is 6.08. The van der Waals surface area contributed by atoms with Crippen molar-refractivity contribution in [3.63, 3.8) is 0 Å². The monoisotopic (exact) mass is 359 g/mol. The fraction of sp³-hybridized carbons (Fsp3) is 0.700. The molecule has 6 heteroatoms. The van der Waals surface area contributed by atoms with Crippen LogP contribution in [0.2, 0.25) is 0 Å². The molecule has 26 heavy (non-hydrogen) atoms. The molecule has 4 heterocycles. The Kier molecular flexibility index (Phi) is 5.82. The Hall–Kier alpha value is -1.50. The van der Waals surface area contributed by atoms with Gasteiger partial charge >= 0.3 is 0 Å². The van der Waals surface area contributed by atoms with E-state index in [1.54, 1.807) is 12.4 Å².